The van der Waals surface area contributed by atoms with Crippen LogP contribution in [0.2, 0.25) is 0 Å². The number of nitrogens with zero attached hydrogens (tertiary/aromatic N) is 2. The number of primary amides is 1. The lowest BCUT2D eigenvalue weighted by Gasteiger charge is -2.07. The van der Waals surface area contributed by atoms with E-state index in [0.717, 1.165) is 10.6 Å². The van der Waals surface area contributed by atoms with Gasteiger partial charge in [0.1, 0.15) is 16.5 Å². The van der Waals surface area contributed by atoms with Crippen molar-refractivity contribution in [2.45, 2.75) is 13.3 Å². The van der Waals surface area contributed by atoms with Crippen LogP contribution >= 0.6 is 11.3 Å². The summed E-state index contributed by atoms with van der Waals surface area (Å²) >= 11 is 1.34. The molecule has 8 heteroatoms. The molecule has 4 rings (SSSR count). The minimum atomic E-state index is -0.627. The van der Waals surface area contributed by atoms with Crippen molar-refractivity contribution in [3.63, 3.8) is 0 Å². The quantitative estimate of drug-likeness (QED) is 0.508. The Kier molecular flexibility index (Phi) is 5.24. The Morgan fingerprint density at radius 3 is 2.57 bits per heavy atom. The van der Waals surface area contributed by atoms with E-state index in [9.17, 15) is 14.0 Å². The molecule has 0 atom stereocenters. The lowest BCUT2D eigenvalue weighted by atomic mass is 10.1. The van der Waals surface area contributed by atoms with Crippen LogP contribution < -0.4 is 11.1 Å². The molecule has 2 amide bonds. The van der Waals surface area contributed by atoms with Gasteiger partial charge in [-0.2, -0.15) is 0 Å². The summed E-state index contributed by atoms with van der Waals surface area (Å²) in [5.74, 6) is -1.37. The van der Waals surface area contributed by atoms with Crippen LogP contribution in [0.25, 0.3) is 10.9 Å². The van der Waals surface area contributed by atoms with Gasteiger partial charge in [-0.1, -0.05) is 30.3 Å². The fraction of sp³-hybridized carbons (Fsp3) is 0.0909. The summed E-state index contributed by atoms with van der Waals surface area (Å²) in [5, 5.41) is 4.79. The van der Waals surface area contributed by atoms with Crippen molar-refractivity contribution in [3.8, 4) is 0 Å². The first kappa shape index (κ1) is 19.7. The van der Waals surface area contributed by atoms with Gasteiger partial charge in [0, 0.05) is 11.8 Å². The minimum absolute atomic E-state index is 0.0929. The molecule has 150 valence electrons. The summed E-state index contributed by atoms with van der Waals surface area (Å²) in [6, 6.07) is 14.6. The van der Waals surface area contributed by atoms with Crippen LogP contribution in [0, 0.1) is 12.7 Å². The van der Waals surface area contributed by atoms with Gasteiger partial charge in [-0.15, -0.1) is 11.3 Å². The number of rotatable bonds is 5. The summed E-state index contributed by atoms with van der Waals surface area (Å²) in [6.45, 7) is 1.79. The molecule has 0 radical (unpaired) electrons. The van der Waals surface area contributed by atoms with Crippen LogP contribution in [0.5, 0.6) is 0 Å². The number of para-hydroxylation sites is 1. The highest BCUT2D eigenvalue weighted by Crippen LogP contribution is 2.27. The molecular weight excluding hydrogens is 403 g/mol. The zero-order valence-electron chi connectivity index (χ0n) is 16.0. The second-order valence-electron chi connectivity index (χ2n) is 6.72. The average molecular weight is 420 g/mol. The summed E-state index contributed by atoms with van der Waals surface area (Å²) in [6.07, 6.45) is 0.529. The molecule has 30 heavy (non-hydrogen) atoms. The van der Waals surface area contributed by atoms with E-state index in [1.165, 1.54) is 29.5 Å². The number of fused-ring (bicyclic) bond motifs is 1. The molecule has 2 aromatic heterocycles. The Bertz CT molecular complexity index is 1270. The number of halogens is 1. The molecule has 2 aromatic carbocycles. The van der Waals surface area contributed by atoms with Crippen molar-refractivity contribution in [1.82, 2.24) is 9.97 Å². The number of amides is 2. The fourth-order valence-electron chi connectivity index (χ4n) is 3.08. The predicted octanol–water partition coefficient (Wildman–Crippen LogP) is 4.08. The Morgan fingerprint density at radius 2 is 1.83 bits per heavy atom. The molecular formula is C22H17FN4O2S. The summed E-state index contributed by atoms with van der Waals surface area (Å²) in [7, 11) is 0. The number of anilines is 1. The van der Waals surface area contributed by atoms with Crippen molar-refractivity contribution in [1.29, 1.82) is 0 Å². The molecule has 0 saturated carbocycles. The molecule has 0 aliphatic heterocycles. The summed E-state index contributed by atoms with van der Waals surface area (Å²) in [4.78, 5) is 33.5. The van der Waals surface area contributed by atoms with Gasteiger partial charge in [0.2, 0.25) is 5.91 Å². The molecule has 0 aliphatic rings. The number of carbonyl (C=O) groups is 2. The van der Waals surface area contributed by atoms with Gasteiger partial charge in [0.25, 0.3) is 5.91 Å². The Labute approximate surface area is 175 Å². The van der Waals surface area contributed by atoms with Crippen molar-refractivity contribution in [2.75, 3.05) is 5.32 Å². The van der Waals surface area contributed by atoms with Gasteiger partial charge < -0.3 is 11.1 Å². The topological polar surface area (TPSA) is 98.0 Å². The summed E-state index contributed by atoms with van der Waals surface area (Å²) < 4.78 is 13.1. The third-order valence-corrected chi connectivity index (χ3v) is 5.62. The Morgan fingerprint density at radius 1 is 1.10 bits per heavy atom. The highest BCUT2D eigenvalue weighted by atomic mass is 32.1. The molecule has 3 N–H and O–H groups in total. The molecule has 0 aliphatic carbocycles. The monoisotopic (exact) mass is 420 g/mol. The lowest BCUT2D eigenvalue weighted by Crippen LogP contribution is -2.17. The number of aromatic nitrogens is 2. The molecule has 0 bridgehead atoms. The molecule has 0 saturated heterocycles. The van der Waals surface area contributed by atoms with Gasteiger partial charge in [-0.3, -0.25) is 9.59 Å². The van der Waals surface area contributed by atoms with E-state index in [1.807, 2.05) is 0 Å². The Balaban J connectivity index is 1.59. The predicted molar refractivity (Wildman–Crippen MR) is 114 cm³/mol. The fourth-order valence-corrected chi connectivity index (χ4v) is 4.08. The smallest absolute Gasteiger partial charge is 0.274 e. The number of benzene rings is 2. The van der Waals surface area contributed by atoms with E-state index in [0.29, 0.717) is 28.0 Å². The van der Waals surface area contributed by atoms with E-state index in [2.05, 4.69) is 15.3 Å². The SMILES string of the molecule is Cc1nc(Cc2ccc(F)cc2)sc1NC(=O)c1cc(C(N)=O)c2ccccc2n1. The maximum atomic E-state index is 13.1. The molecule has 0 fully saturated rings. The van der Waals surface area contributed by atoms with Crippen LogP contribution in [0.1, 0.15) is 37.1 Å². The normalized spacial score (nSPS) is 10.9. The second-order valence-corrected chi connectivity index (χ2v) is 7.80. The van der Waals surface area contributed by atoms with Gasteiger partial charge >= 0.3 is 0 Å². The van der Waals surface area contributed by atoms with Crippen molar-refractivity contribution in [3.05, 3.63) is 87.9 Å². The third-order valence-electron chi connectivity index (χ3n) is 4.55. The number of thiazole rings is 1. The first-order chi connectivity index (χ1) is 14.4. The van der Waals surface area contributed by atoms with Gasteiger partial charge in [0.05, 0.1) is 21.8 Å². The van der Waals surface area contributed by atoms with Crippen molar-refractivity contribution >= 4 is 39.1 Å². The molecule has 4 aromatic rings. The van der Waals surface area contributed by atoms with Gasteiger partial charge in [-0.05, 0) is 36.8 Å². The van der Waals surface area contributed by atoms with Crippen LogP contribution in [-0.4, -0.2) is 21.8 Å². The van der Waals surface area contributed by atoms with E-state index in [1.54, 1.807) is 43.3 Å². The first-order valence-corrected chi connectivity index (χ1v) is 9.94. The van der Waals surface area contributed by atoms with Crippen molar-refractivity contribution < 1.29 is 14.0 Å². The second kappa shape index (κ2) is 8.00. The molecule has 0 unspecified atom stereocenters. The van der Waals surface area contributed by atoms with E-state index < -0.39 is 11.8 Å². The van der Waals surface area contributed by atoms with E-state index >= 15 is 0 Å². The highest BCUT2D eigenvalue weighted by Gasteiger charge is 2.17. The zero-order chi connectivity index (χ0) is 21.3. The number of aryl methyl sites for hydroxylation is 1. The Hall–Kier alpha value is -3.65. The third kappa shape index (κ3) is 4.04. The van der Waals surface area contributed by atoms with Gasteiger partial charge in [-0.25, -0.2) is 14.4 Å². The lowest BCUT2D eigenvalue weighted by molar-refractivity contribution is 0.100. The number of nitrogens with two attached hydrogens (primary N) is 1. The van der Waals surface area contributed by atoms with E-state index in [4.69, 9.17) is 5.73 Å². The van der Waals surface area contributed by atoms with Crippen LogP contribution in [0.15, 0.2) is 54.6 Å². The average Bonchev–Trinajstić information content (AvgIpc) is 3.07. The van der Waals surface area contributed by atoms with Crippen LogP contribution in [0.3, 0.4) is 0 Å². The summed E-state index contributed by atoms with van der Waals surface area (Å²) in [5.41, 5.74) is 7.91. The number of hydrogen-bond donors (Lipinski definition) is 2. The van der Waals surface area contributed by atoms with Crippen LogP contribution in [-0.2, 0) is 6.42 Å². The zero-order valence-corrected chi connectivity index (χ0v) is 16.8. The van der Waals surface area contributed by atoms with E-state index in [-0.39, 0.29) is 17.1 Å². The number of carbonyl (C=O) groups excluding carboxylic acids is 2. The largest absolute Gasteiger partial charge is 0.366 e. The minimum Gasteiger partial charge on any atom is -0.366 e. The maximum Gasteiger partial charge on any atom is 0.274 e. The molecule has 6 nitrogen and oxygen atoms in total. The number of nitrogens with one attached hydrogen (secondary N) is 1. The van der Waals surface area contributed by atoms with Crippen LogP contribution in [0.4, 0.5) is 9.39 Å². The maximum absolute atomic E-state index is 13.1. The van der Waals surface area contributed by atoms with Crippen molar-refractivity contribution in [2.24, 2.45) is 5.73 Å². The first-order valence-electron chi connectivity index (χ1n) is 9.12. The molecule has 0 spiro atoms. The highest BCUT2D eigenvalue weighted by molar-refractivity contribution is 7.16. The standard InChI is InChI=1S/C22H17FN4O2S/c1-12-22(30-19(25-12)10-13-6-8-14(23)9-7-13)27-21(29)18-11-16(20(24)28)15-4-2-3-5-17(15)26-18/h2-9,11H,10H2,1H3,(H2,24,28)(H,27,29). The number of hydrogen-bond acceptors (Lipinski definition) is 5. The van der Waals surface area contributed by atoms with Gasteiger partial charge in [0.15, 0.2) is 0 Å². The molecule has 2 heterocycles. The number of pyridine rings is 1.